The van der Waals surface area contributed by atoms with Crippen LogP contribution < -0.4 is 5.32 Å². The van der Waals surface area contributed by atoms with E-state index in [1.54, 1.807) is 12.4 Å². The molecular weight excluding hydrogens is 298 g/mol. The lowest BCUT2D eigenvalue weighted by atomic mass is 9.63. The van der Waals surface area contributed by atoms with Crippen molar-refractivity contribution in [1.82, 2.24) is 10.3 Å². The van der Waals surface area contributed by atoms with Crippen molar-refractivity contribution in [3.8, 4) is 0 Å². The Hall–Kier alpha value is -2.30. The van der Waals surface area contributed by atoms with E-state index in [2.05, 4.69) is 10.3 Å². The van der Waals surface area contributed by atoms with Crippen molar-refractivity contribution in [2.24, 2.45) is 0 Å². The highest BCUT2D eigenvalue weighted by atomic mass is 19.1. The third kappa shape index (κ3) is 2.96. The number of nitrogens with one attached hydrogen (secondary N) is 1. The maximum Gasteiger partial charge on any atom is 0.230 e. The smallest absolute Gasteiger partial charge is 0.230 e. The normalized spacial score (nSPS) is 15.7. The van der Waals surface area contributed by atoms with Crippen molar-refractivity contribution in [3.05, 3.63) is 65.5 Å². The van der Waals surface area contributed by atoms with Gasteiger partial charge in [0.2, 0.25) is 5.91 Å². The Balaban J connectivity index is 1.72. The topological polar surface area (TPSA) is 42.0 Å². The molecule has 0 spiro atoms. The fourth-order valence-corrected chi connectivity index (χ4v) is 3.11. The van der Waals surface area contributed by atoms with E-state index in [0.29, 0.717) is 25.8 Å². The van der Waals surface area contributed by atoms with E-state index in [1.807, 2.05) is 12.1 Å². The van der Waals surface area contributed by atoms with Crippen LogP contribution in [-0.4, -0.2) is 17.4 Å². The van der Waals surface area contributed by atoms with Gasteiger partial charge in [0.1, 0.15) is 11.6 Å². The molecule has 2 aromatic rings. The fourth-order valence-electron chi connectivity index (χ4n) is 3.11. The van der Waals surface area contributed by atoms with Crippen LogP contribution in [0.3, 0.4) is 0 Å². The molecule has 0 unspecified atom stereocenters. The third-order valence-electron chi connectivity index (χ3n) is 4.53. The van der Waals surface area contributed by atoms with Crippen LogP contribution in [-0.2, 0) is 16.6 Å². The van der Waals surface area contributed by atoms with Crippen LogP contribution in [0.2, 0.25) is 0 Å². The van der Waals surface area contributed by atoms with Gasteiger partial charge >= 0.3 is 0 Å². The highest BCUT2D eigenvalue weighted by molar-refractivity contribution is 5.89. The number of halogens is 2. The predicted octanol–water partition coefficient (Wildman–Crippen LogP) is 3.14. The summed E-state index contributed by atoms with van der Waals surface area (Å²) in [6, 6.07) is 7.50. The van der Waals surface area contributed by atoms with Gasteiger partial charge in [-0.1, -0.05) is 12.5 Å². The molecule has 0 bridgehead atoms. The quantitative estimate of drug-likeness (QED) is 0.921. The first-order chi connectivity index (χ1) is 11.1. The Bertz CT molecular complexity index is 679. The zero-order valence-corrected chi connectivity index (χ0v) is 12.7. The van der Waals surface area contributed by atoms with Crippen molar-refractivity contribution >= 4 is 5.91 Å². The van der Waals surface area contributed by atoms with Crippen molar-refractivity contribution in [1.29, 1.82) is 0 Å². The van der Waals surface area contributed by atoms with E-state index in [-0.39, 0.29) is 11.5 Å². The Labute approximate surface area is 133 Å². The van der Waals surface area contributed by atoms with Crippen molar-refractivity contribution in [2.45, 2.75) is 31.1 Å². The minimum absolute atomic E-state index is 0.0901. The van der Waals surface area contributed by atoms with Crippen LogP contribution in [0, 0.1) is 11.6 Å². The molecule has 1 aliphatic carbocycles. The van der Waals surface area contributed by atoms with Gasteiger partial charge in [0.15, 0.2) is 0 Å². The largest absolute Gasteiger partial charge is 0.355 e. The molecule has 1 aliphatic rings. The second-order valence-electron chi connectivity index (χ2n) is 5.89. The Kier molecular flexibility index (Phi) is 4.37. The molecular formula is C18H18F2N2O. The Morgan fingerprint density at radius 1 is 1.13 bits per heavy atom. The van der Waals surface area contributed by atoms with Crippen LogP contribution >= 0.6 is 0 Å². The Morgan fingerprint density at radius 3 is 2.35 bits per heavy atom. The first-order valence-corrected chi connectivity index (χ1v) is 7.75. The molecule has 3 nitrogen and oxygen atoms in total. The molecule has 23 heavy (non-hydrogen) atoms. The zero-order valence-electron chi connectivity index (χ0n) is 12.7. The average molecular weight is 316 g/mol. The summed E-state index contributed by atoms with van der Waals surface area (Å²) < 4.78 is 28.2. The molecule has 1 N–H and O–H groups in total. The Morgan fingerprint density at radius 2 is 1.78 bits per heavy atom. The summed E-state index contributed by atoms with van der Waals surface area (Å²) in [5.74, 6) is -1.58. The second-order valence-corrected chi connectivity index (χ2v) is 5.89. The molecule has 0 aliphatic heterocycles. The van der Waals surface area contributed by atoms with E-state index >= 15 is 0 Å². The van der Waals surface area contributed by atoms with E-state index in [1.165, 1.54) is 18.2 Å². The minimum Gasteiger partial charge on any atom is -0.355 e. The van der Waals surface area contributed by atoms with Crippen LogP contribution in [0.5, 0.6) is 0 Å². The number of hydrogen-bond donors (Lipinski definition) is 1. The average Bonchev–Trinajstić information content (AvgIpc) is 2.50. The predicted molar refractivity (Wildman–Crippen MR) is 82.8 cm³/mol. The first-order valence-electron chi connectivity index (χ1n) is 7.75. The van der Waals surface area contributed by atoms with Crippen LogP contribution in [0.15, 0.2) is 42.7 Å². The second kappa shape index (κ2) is 6.44. The summed E-state index contributed by atoms with van der Waals surface area (Å²) in [6.45, 7) is 0.431. The molecule has 1 saturated carbocycles. The van der Waals surface area contributed by atoms with E-state index in [9.17, 15) is 13.6 Å². The van der Waals surface area contributed by atoms with E-state index in [4.69, 9.17) is 0 Å². The van der Waals surface area contributed by atoms with Gasteiger partial charge in [-0.05, 0) is 49.1 Å². The summed E-state index contributed by atoms with van der Waals surface area (Å²) in [6.07, 6.45) is 5.80. The minimum atomic E-state index is -1.06. The van der Waals surface area contributed by atoms with Crippen molar-refractivity contribution in [2.75, 3.05) is 6.54 Å². The fraction of sp³-hybridized carbons (Fsp3) is 0.333. The van der Waals surface area contributed by atoms with Crippen LogP contribution in [0.1, 0.15) is 30.4 Å². The monoisotopic (exact) mass is 316 g/mol. The van der Waals surface area contributed by atoms with E-state index < -0.39 is 17.0 Å². The number of benzene rings is 1. The van der Waals surface area contributed by atoms with Gasteiger partial charge < -0.3 is 5.32 Å². The molecule has 1 amide bonds. The van der Waals surface area contributed by atoms with Gasteiger partial charge in [0.25, 0.3) is 0 Å². The van der Waals surface area contributed by atoms with Gasteiger partial charge in [0, 0.05) is 24.5 Å². The number of hydrogen-bond acceptors (Lipinski definition) is 2. The zero-order chi connectivity index (χ0) is 16.3. The summed E-state index contributed by atoms with van der Waals surface area (Å²) >= 11 is 0. The maximum absolute atomic E-state index is 14.1. The van der Waals surface area contributed by atoms with Crippen molar-refractivity contribution < 1.29 is 13.6 Å². The number of pyridine rings is 1. The number of carbonyl (C=O) groups is 1. The van der Waals surface area contributed by atoms with Gasteiger partial charge in [-0.15, -0.1) is 0 Å². The summed E-state index contributed by atoms with van der Waals surface area (Å²) in [5, 5.41) is 2.83. The lowest BCUT2D eigenvalue weighted by Gasteiger charge is -2.40. The molecule has 120 valence electrons. The van der Waals surface area contributed by atoms with Gasteiger partial charge in [0.05, 0.1) is 5.41 Å². The highest BCUT2D eigenvalue weighted by Crippen LogP contribution is 2.45. The van der Waals surface area contributed by atoms with Gasteiger partial charge in [-0.25, -0.2) is 8.78 Å². The lowest BCUT2D eigenvalue weighted by molar-refractivity contribution is -0.130. The maximum atomic E-state index is 14.1. The van der Waals surface area contributed by atoms with Gasteiger partial charge in [-0.3, -0.25) is 9.78 Å². The molecule has 1 heterocycles. The van der Waals surface area contributed by atoms with E-state index in [0.717, 1.165) is 12.0 Å². The molecule has 1 aromatic carbocycles. The number of amides is 1. The molecule has 0 radical (unpaired) electrons. The number of carbonyl (C=O) groups excluding carboxylic acids is 1. The summed E-state index contributed by atoms with van der Waals surface area (Å²) in [7, 11) is 0. The number of rotatable bonds is 5. The van der Waals surface area contributed by atoms with Gasteiger partial charge in [-0.2, -0.15) is 0 Å². The van der Waals surface area contributed by atoms with Crippen molar-refractivity contribution in [3.63, 3.8) is 0 Å². The van der Waals surface area contributed by atoms with Crippen LogP contribution in [0.4, 0.5) is 8.78 Å². The molecule has 1 fully saturated rings. The van der Waals surface area contributed by atoms with Crippen LogP contribution in [0.25, 0.3) is 0 Å². The highest BCUT2D eigenvalue weighted by Gasteiger charge is 2.48. The molecule has 0 atom stereocenters. The molecule has 1 aromatic heterocycles. The number of aromatic nitrogens is 1. The third-order valence-corrected chi connectivity index (χ3v) is 4.53. The standard InChI is InChI=1S/C18H18F2N2O/c19-14-3-1-4-15(20)16(14)18(8-2-9-18)17(23)22-12-7-13-5-10-21-11-6-13/h1,3-6,10-11H,2,7-9,12H2,(H,22,23). The molecule has 5 heteroatoms. The first kappa shape index (κ1) is 15.6. The summed E-state index contributed by atoms with van der Waals surface area (Å²) in [5.41, 5.74) is -0.0964. The number of nitrogens with zero attached hydrogens (tertiary/aromatic N) is 1. The molecule has 0 saturated heterocycles. The summed E-state index contributed by atoms with van der Waals surface area (Å²) in [4.78, 5) is 16.5. The lowest BCUT2D eigenvalue weighted by Crippen LogP contribution is -2.50. The SMILES string of the molecule is O=C(NCCc1ccncc1)C1(c2c(F)cccc2F)CCC1. The molecule has 3 rings (SSSR count).